The lowest BCUT2D eigenvalue weighted by atomic mass is 9.79. The summed E-state index contributed by atoms with van der Waals surface area (Å²) in [6.45, 7) is 9.58. The largest absolute Gasteiger partial charge is 0.495 e. The zero-order valence-corrected chi connectivity index (χ0v) is 15.3. The fourth-order valence-electron chi connectivity index (χ4n) is 3.14. The van der Waals surface area contributed by atoms with E-state index in [0.29, 0.717) is 6.54 Å². The Hall–Kier alpha value is -1.80. The highest BCUT2D eigenvalue weighted by Crippen LogP contribution is 2.36. The zero-order chi connectivity index (χ0) is 18.2. The number of piperidine rings is 1. The Morgan fingerprint density at radius 1 is 1.36 bits per heavy atom. The van der Waals surface area contributed by atoms with Gasteiger partial charge in [-0.25, -0.2) is 9.78 Å². The first-order valence-electron chi connectivity index (χ1n) is 8.70. The first-order valence-corrected chi connectivity index (χ1v) is 8.70. The molecule has 0 aromatic carbocycles. The average molecular weight is 347 g/mol. The number of pyridine rings is 1. The molecule has 2 aliphatic heterocycles. The van der Waals surface area contributed by atoms with E-state index in [1.54, 1.807) is 6.20 Å². The maximum Gasteiger partial charge on any atom is 0.495 e. The number of aromatic nitrogens is 1. The molecule has 0 saturated carbocycles. The van der Waals surface area contributed by atoms with Crippen molar-refractivity contribution >= 4 is 24.5 Å². The van der Waals surface area contributed by atoms with Crippen molar-refractivity contribution in [1.29, 1.82) is 0 Å². The number of rotatable bonds is 3. The topological polar surface area (TPSA) is 86.9 Å². The average Bonchev–Trinajstić information content (AvgIpc) is 2.75. The van der Waals surface area contributed by atoms with Gasteiger partial charge in [0.05, 0.1) is 17.7 Å². The molecule has 1 unspecified atom stereocenters. The van der Waals surface area contributed by atoms with E-state index in [9.17, 15) is 4.79 Å². The van der Waals surface area contributed by atoms with Gasteiger partial charge in [-0.05, 0) is 58.1 Å². The van der Waals surface area contributed by atoms with Gasteiger partial charge in [0.2, 0.25) is 0 Å². The summed E-state index contributed by atoms with van der Waals surface area (Å²) in [5.74, 6) is 0.824. The number of nitrogens with two attached hydrogens (primary N) is 1. The summed E-state index contributed by atoms with van der Waals surface area (Å²) in [5.41, 5.74) is 5.30. The second-order valence-electron chi connectivity index (χ2n) is 7.68. The van der Waals surface area contributed by atoms with Crippen molar-refractivity contribution in [2.24, 2.45) is 5.73 Å². The number of primary amides is 1. The fourth-order valence-corrected chi connectivity index (χ4v) is 3.14. The minimum absolute atomic E-state index is 0.200. The lowest BCUT2D eigenvalue weighted by Gasteiger charge is -2.33. The normalized spacial score (nSPS) is 25.0. The van der Waals surface area contributed by atoms with Gasteiger partial charge in [-0.1, -0.05) is 0 Å². The number of amides is 1. The smallest absolute Gasteiger partial charge is 0.445 e. The number of nitrogens with zero attached hydrogens (tertiary/aromatic N) is 2. The van der Waals surface area contributed by atoms with Gasteiger partial charge in [-0.15, -0.1) is 0 Å². The van der Waals surface area contributed by atoms with Crippen molar-refractivity contribution in [3.63, 3.8) is 0 Å². The van der Waals surface area contributed by atoms with Crippen LogP contribution in [0.5, 0.6) is 0 Å². The van der Waals surface area contributed by atoms with Crippen LogP contribution in [-0.4, -0.2) is 48.6 Å². The highest BCUT2D eigenvalue weighted by Gasteiger charge is 2.51. The molecule has 0 aliphatic carbocycles. The molecule has 7 nitrogen and oxygen atoms in total. The van der Waals surface area contributed by atoms with Crippen LogP contribution in [0.25, 0.3) is 0 Å². The van der Waals surface area contributed by atoms with Gasteiger partial charge in [0.15, 0.2) is 0 Å². The van der Waals surface area contributed by atoms with Crippen LogP contribution in [0.15, 0.2) is 18.3 Å². The number of anilines is 1. The van der Waals surface area contributed by atoms with Crippen molar-refractivity contribution in [3.8, 4) is 0 Å². The molecule has 2 N–H and O–H groups in total. The van der Waals surface area contributed by atoms with Crippen LogP contribution >= 0.6 is 0 Å². The van der Waals surface area contributed by atoms with Crippen LogP contribution in [0.4, 0.5) is 10.6 Å². The Balaban J connectivity index is 1.75. The first kappa shape index (κ1) is 18.0. The monoisotopic (exact) mass is 347 g/mol. The molecule has 25 heavy (non-hydrogen) atoms. The third kappa shape index (κ3) is 3.74. The molecule has 0 bridgehead atoms. The summed E-state index contributed by atoms with van der Waals surface area (Å²) in [7, 11) is -0.422. The highest BCUT2D eigenvalue weighted by atomic mass is 16.7. The summed E-state index contributed by atoms with van der Waals surface area (Å²) in [5, 5.41) is 0. The van der Waals surface area contributed by atoms with Crippen LogP contribution < -0.4 is 16.1 Å². The van der Waals surface area contributed by atoms with Gasteiger partial charge in [0, 0.05) is 12.7 Å². The quantitative estimate of drug-likeness (QED) is 0.833. The molecule has 0 radical (unpaired) electrons. The zero-order valence-electron chi connectivity index (χ0n) is 15.3. The molecule has 1 amide bonds. The molecular formula is C17H26BN3O4. The lowest BCUT2D eigenvalue weighted by molar-refractivity contribution is 0.00578. The molecule has 1 aromatic heterocycles. The molecule has 3 heterocycles. The van der Waals surface area contributed by atoms with E-state index < -0.39 is 13.2 Å². The second-order valence-corrected chi connectivity index (χ2v) is 7.68. The third-order valence-electron chi connectivity index (χ3n) is 5.28. The minimum Gasteiger partial charge on any atom is -0.445 e. The molecule has 136 valence electrons. The van der Waals surface area contributed by atoms with Crippen molar-refractivity contribution < 1.29 is 18.8 Å². The molecule has 2 saturated heterocycles. The van der Waals surface area contributed by atoms with Gasteiger partial charge in [0.1, 0.15) is 11.9 Å². The maximum absolute atomic E-state index is 11.0. The number of carbonyl (C=O) groups is 1. The van der Waals surface area contributed by atoms with Crippen LogP contribution in [-0.2, 0) is 14.0 Å². The number of hydrogen-bond acceptors (Lipinski definition) is 6. The van der Waals surface area contributed by atoms with Crippen LogP contribution in [0.1, 0.15) is 40.5 Å². The molecule has 2 fully saturated rings. The van der Waals surface area contributed by atoms with Crippen LogP contribution in [0, 0.1) is 0 Å². The molecule has 8 heteroatoms. The molecule has 1 aromatic rings. The van der Waals surface area contributed by atoms with Gasteiger partial charge in [0.25, 0.3) is 0 Å². The first-order chi connectivity index (χ1) is 11.7. The fraction of sp³-hybridized carbons (Fsp3) is 0.647. The van der Waals surface area contributed by atoms with E-state index in [1.165, 1.54) is 0 Å². The van der Waals surface area contributed by atoms with Crippen LogP contribution in [0.3, 0.4) is 0 Å². The summed E-state index contributed by atoms with van der Waals surface area (Å²) >= 11 is 0. The van der Waals surface area contributed by atoms with E-state index in [0.717, 1.165) is 30.7 Å². The van der Waals surface area contributed by atoms with Crippen molar-refractivity contribution in [3.05, 3.63) is 18.3 Å². The van der Waals surface area contributed by atoms with Crippen LogP contribution in [0.2, 0.25) is 0 Å². The Labute approximate surface area is 149 Å². The Bertz CT molecular complexity index is 637. The van der Waals surface area contributed by atoms with E-state index in [4.69, 9.17) is 19.8 Å². The summed E-state index contributed by atoms with van der Waals surface area (Å²) < 4.78 is 17.4. The molecular weight excluding hydrogens is 321 g/mol. The van der Waals surface area contributed by atoms with Gasteiger partial charge >= 0.3 is 13.2 Å². The molecule has 2 aliphatic rings. The van der Waals surface area contributed by atoms with E-state index in [2.05, 4.69) is 9.88 Å². The Kier molecular flexibility index (Phi) is 4.68. The van der Waals surface area contributed by atoms with Gasteiger partial charge < -0.3 is 24.7 Å². The summed E-state index contributed by atoms with van der Waals surface area (Å²) in [4.78, 5) is 17.6. The molecule has 1 atom stereocenters. The van der Waals surface area contributed by atoms with Crippen molar-refractivity contribution in [1.82, 2.24) is 4.98 Å². The lowest BCUT2D eigenvalue weighted by Crippen LogP contribution is -2.42. The number of hydrogen-bond donors (Lipinski definition) is 1. The van der Waals surface area contributed by atoms with Crippen molar-refractivity contribution in [2.45, 2.75) is 57.8 Å². The highest BCUT2D eigenvalue weighted by molar-refractivity contribution is 6.62. The van der Waals surface area contributed by atoms with E-state index in [-0.39, 0.29) is 17.3 Å². The predicted octanol–water partition coefficient (Wildman–Crippen LogP) is 1.44. The predicted molar refractivity (Wildman–Crippen MR) is 95.9 cm³/mol. The standard InChI is InChI=1S/C17H26BN3O4/c1-16(2)17(3,4)25-18(24-16)12-7-8-20-14(10-12)21-9-5-6-13(11-21)23-15(19)22/h7-8,10,13H,5-6,9,11H2,1-4H3,(H2,19,22). The van der Waals surface area contributed by atoms with E-state index >= 15 is 0 Å². The number of carbonyl (C=O) groups excluding carboxylic acids is 1. The summed E-state index contributed by atoms with van der Waals surface area (Å²) in [6, 6.07) is 3.89. The Morgan fingerprint density at radius 3 is 2.68 bits per heavy atom. The maximum atomic E-state index is 11.0. The Morgan fingerprint density at radius 2 is 2.04 bits per heavy atom. The van der Waals surface area contributed by atoms with Gasteiger partial charge in [-0.3, -0.25) is 0 Å². The van der Waals surface area contributed by atoms with Gasteiger partial charge in [-0.2, -0.15) is 0 Å². The third-order valence-corrected chi connectivity index (χ3v) is 5.28. The molecule has 3 rings (SSSR count). The second kappa shape index (κ2) is 6.50. The van der Waals surface area contributed by atoms with Crippen molar-refractivity contribution in [2.75, 3.05) is 18.0 Å². The SMILES string of the molecule is CC1(C)OB(c2ccnc(N3CCCC(OC(N)=O)C3)c2)OC1(C)C. The minimum atomic E-state index is -0.731. The summed E-state index contributed by atoms with van der Waals surface area (Å²) in [6.07, 6.45) is 2.56. The number of ether oxygens (including phenoxy) is 1. The molecule has 0 spiro atoms. The van der Waals surface area contributed by atoms with E-state index in [1.807, 2.05) is 39.8 Å².